The van der Waals surface area contributed by atoms with Crippen molar-refractivity contribution < 1.29 is 32.6 Å². The number of carbonyl (C=O) groups excluding carboxylic acids is 2. The molecule has 0 aliphatic carbocycles. The van der Waals surface area contributed by atoms with Crippen LogP contribution in [0.4, 0.5) is 24.5 Å². The Hall–Kier alpha value is -4.96. The van der Waals surface area contributed by atoms with Gasteiger partial charge in [0.05, 0.1) is 35.2 Å². The topological polar surface area (TPSA) is 147 Å². The molecule has 0 unspecified atom stereocenters. The van der Waals surface area contributed by atoms with Crippen LogP contribution in [0.2, 0.25) is 5.02 Å². The van der Waals surface area contributed by atoms with Gasteiger partial charge in [0, 0.05) is 38.3 Å². The molecule has 0 spiro atoms. The van der Waals surface area contributed by atoms with Crippen molar-refractivity contribution in [1.29, 1.82) is 0 Å². The Morgan fingerprint density at radius 3 is 2.59 bits per heavy atom. The van der Waals surface area contributed by atoms with Crippen LogP contribution in [0, 0.1) is 0 Å². The first-order chi connectivity index (χ1) is 23.4. The van der Waals surface area contributed by atoms with Gasteiger partial charge >= 0.3 is 6.18 Å². The monoisotopic (exact) mass is 698 g/mol. The maximum absolute atomic E-state index is 14.3. The van der Waals surface area contributed by atoms with Crippen LogP contribution >= 0.6 is 11.6 Å². The van der Waals surface area contributed by atoms with E-state index in [4.69, 9.17) is 21.3 Å². The summed E-state index contributed by atoms with van der Waals surface area (Å²) in [6.07, 6.45) is -0.565. The van der Waals surface area contributed by atoms with Gasteiger partial charge in [0.2, 0.25) is 11.7 Å². The van der Waals surface area contributed by atoms with E-state index in [9.17, 15) is 32.7 Å². The number of rotatable bonds is 5. The van der Waals surface area contributed by atoms with E-state index in [1.54, 1.807) is 9.47 Å². The van der Waals surface area contributed by atoms with Crippen molar-refractivity contribution >= 4 is 46.1 Å². The second-order valence-electron chi connectivity index (χ2n) is 12.1. The summed E-state index contributed by atoms with van der Waals surface area (Å²) in [7, 11) is 0. The van der Waals surface area contributed by atoms with Crippen molar-refractivity contribution in [1.82, 2.24) is 29.0 Å². The molecule has 2 N–H and O–H groups in total. The summed E-state index contributed by atoms with van der Waals surface area (Å²) in [4.78, 5) is 53.4. The number of aromatic nitrogens is 5. The minimum atomic E-state index is -4.61. The smallest absolute Gasteiger partial charge is 0.416 e. The van der Waals surface area contributed by atoms with Crippen LogP contribution < -0.4 is 15.8 Å². The summed E-state index contributed by atoms with van der Waals surface area (Å²) in [6.45, 7) is 3.69. The van der Waals surface area contributed by atoms with Gasteiger partial charge < -0.3 is 25.0 Å². The van der Waals surface area contributed by atoms with Crippen molar-refractivity contribution in [3.05, 3.63) is 80.8 Å². The van der Waals surface area contributed by atoms with Crippen LogP contribution in [-0.2, 0) is 15.7 Å². The third-order valence-electron chi connectivity index (χ3n) is 9.04. The van der Waals surface area contributed by atoms with E-state index < -0.39 is 35.2 Å². The Labute approximate surface area is 281 Å². The number of carbonyl (C=O) groups is 2. The van der Waals surface area contributed by atoms with Crippen molar-refractivity contribution in [2.75, 3.05) is 49.6 Å². The lowest BCUT2D eigenvalue weighted by molar-refractivity contribution is -0.137. The van der Waals surface area contributed by atoms with Gasteiger partial charge in [0.15, 0.2) is 11.5 Å². The van der Waals surface area contributed by atoms with Crippen LogP contribution in [0.3, 0.4) is 0 Å². The lowest BCUT2D eigenvalue weighted by Crippen LogP contribution is -2.51. The van der Waals surface area contributed by atoms with Crippen molar-refractivity contribution in [3.63, 3.8) is 0 Å². The first-order valence-corrected chi connectivity index (χ1v) is 16.0. The molecule has 1 saturated heterocycles. The Kier molecular flexibility index (Phi) is 8.30. The highest BCUT2D eigenvalue weighted by Gasteiger charge is 2.41. The molecule has 6 heterocycles. The molecule has 2 amide bonds. The number of ether oxygens (including phenoxy) is 1. The summed E-state index contributed by atoms with van der Waals surface area (Å²) in [5.74, 6) is -1.07. The maximum Gasteiger partial charge on any atom is 0.416 e. The molecule has 3 aromatic heterocycles. The average molecular weight is 699 g/mol. The lowest BCUT2D eigenvalue weighted by Gasteiger charge is -2.36. The highest BCUT2D eigenvalue weighted by Crippen LogP contribution is 2.42. The number of halogens is 4. The highest BCUT2D eigenvalue weighted by atomic mass is 35.5. The molecule has 3 aliphatic heterocycles. The highest BCUT2D eigenvalue weighted by molar-refractivity contribution is 6.33. The molecule has 13 nitrogen and oxygen atoms in total. The first kappa shape index (κ1) is 32.6. The zero-order valence-electron chi connectivity index (χ0n) is 26.1. The Bertz CT molecular complexity index is 2070. The molecule has 3 aliphatic rings. The van der Waals surface area contributed by atoms with Gasteiger partial charge in [-0.3, -0.25) is 19.0 Å². The molecule has 2 atom stereocenters. The van der Waals surface area contributed by atoms with E-state index >= 15 is 0 Å². The molecular weight excluding hydrogens is 669 g/mol. The molecular formula is C32H30ClF3N8O5. The van der Waals surface area contributed by atoms with Crippen LogP contribution in [0.25, 0.3) is 11.4 Å². The van der Waals surface area contributed by atoms with E-state index in [0.29, 0.717) is 36.8 Å². The predicted octanol–water partition coefficient (Wildman–Crippen LogP) is 4.12. The summed E-state index contributed by atoms with van der Waals surface area (Å²) in [6, 6.07) is 4.69. The Morgan fingerprint density at radius 1 is 1.14 bits per heavy atom. The van der Waals surface area contributed by atoms with E-state index in [0.717, 1.165) is 23.8 Å². The number of anilines is 2. The number of aromatic hydroxyl groups is 1. The predicted molar refractivity (Wildman–Crippen MR) is 172 cm³/mol. The molecule has 256 valence electrons. The quantitative estimate of drug-likeness (QED) is 0.314. The Morgan fingerprint density at radius 2 is 1.92 bits per heavy atom. The second kappa shape index (κ2) is 12.5. The average Bonchev–Trinajstić information content (AvgIpc) is 3.68. The number of benzene rings is 1. The number of nitrogens with one attached hydrogen (secondary N) is 1. The number of piperazine rings is 1. The van der Waals surface area contributed by atoms with E-state index in [1.807, 2.05) is 17.9 Å². The van der Waals surface area contributed by atoms with E-state index in [-0.39, 0.29) is 66.4 Å². The molecule has 0 bridgehead atoms. The van der Waals surface area contributed by atoms with Gasteiger partial charge in [-0.2, -0.15) is 22.7 Å². The summed E-state index contributed by atoms with van der Waals surface area (Å²) < 4.78 is 48.0. The molecule has 0 radical (unpaired) electrons. The van der Waals surface area contributed by atoms with Gasteiger partial charge in [-0.15, -0.1) is 5.10 Å². The van der Waals surface area contributed by atoms with Crippen LogP contribution in [0.15, 0.2) is 47.4 Å². The summed E-state index contributed by atoms with van der Waals surface area (Å²) in [5, 5.41) is 17.1. The van der Waals surface area contributed by atoms with Crippen molar-refractivity contribution in [3.8, 4) is 5.75 Å². The number of amides is 2. The Balaban J connectivity index is 1.26. The van der Waals surface area contributed by atoms with Crippen LogP contribution in [0.1, 0.15) is 59.3 Å². The third-order valence-corrected chi connectivity index (χ3v) is 9.35. The van der Waals surface area contributed by atoms with E-state index in [2.05, 4.69) is 15.4 Å². The first-order valence-electron chi connectivity index (χ1n) is 15.6. The number of pyridine rings is 1. The fraction of sp³-hybridized carbons (Fsp3) is 0.375. The van der Waals surface area contributed by atoms with Crippen molar-refractivity contribution in [2.24, 2.45) is 0 Å². The fourth-order valence-corrected chi connectivity index (χ4v) is 6.83. The molecule has 0 saturated carbocycles. The molecule has 4 aromatic rings. The van der Waals surface area contributed by atoms with Crippen molar-refractivity contribution in [2.45, 2.75) is 37.9 Å². The third kappa shape index (κ3) is 5.88. The molecule has 7 rings (SSSR count). The van der Waals surface area contributed by atoms with Crippen LogP contribution in [0.5, 0.6) is 5.75 Å². The molecule has 49 heavy (non-hydrogen) atoms. The van der Waals surface area contributed by atoms with Gasteiger partial charge in [-0.1, -0.05) is 24.6 Å². The van der Waals surface area contributed by atoms with Gasteiger partial charge in [-0.05, 0) is 48.7 Å². The van der Waals surface area contributed by atoms with Gasteiger partial charge in [0.25, 0.3) is 11.5 Å². The zero-order valence-corrected chi connectivity index (χ0v) is 26.8. The number of fused-ring (bicyclic) bond motifs is 3. The minimum Gasteiger partial charge on any atom is -0.505 e. The maximum atomic E-state index is 14.3. The number of hydrogen-bond acceptors (Lipinski definition) is 9. The lowest BCUT2D eigenvalue weighted by atomic mass is 10.0. The SMILES string of the molecule is C[C@@H]1C[C@H](C(=O)Nc2ccc(C(F)(F)F)cc2Cl)n2c1c(N1CCN(C(=O)c3ncccc3O)CC1)c(=O)n1nc(C3=CCOCC3)nc21. The minimum absolute atomic E-state index is 0.00677. The summed E-state index contributed by atoms with van der Waals surface area (Å²) in [5.41, 5.74) is 0.216. The molecule has 17 heteroatoms. The normalized spacial score (nSPS) is 19.6. The van der Waals surface area contributed by atoms with Gasteiger partial charge in [-0.25, -0.2) is 4.98 Å². The summed E-state index contributed by atoms with van der Waals surface area (Å²) >= 11 is 6.17. The molecule has 1 fully saturated rings. The number of hydrogen-bond donors (Lipinski definition) is 2. The van der Waals surface area contributed by atoms with E-state index in [1.165, 1.54) is 22.8 Å². The number of alkyl halides is 3. The second-order valence-corrected chi connectivity index (χ2v) is 12.5. The largest absolute Gasteiger partial charge is 0.505 e. The zero-order chi connectivity index (χ0) is 34.6. The molecule has 1 aromatic carbocycles. The van der Waals surface area contributed by atoms with Crippen LogP contribution in [-0.4, -0.2) is 85.4 Å². The fourth-order valence-electron chi connectivity index (χ4n) is 6.60. The number of nitrogens with zero attached hydrogens (tertiary/aromatic N) is 7. The van der Waals surface area contributed by atoms with Gasteiger partial charge in [0.1, 0.15) is 17.5 Å². The standard InChI is InChI=1S/C32H30ClF3N8O5/c1-17-15-22(28(46)38-21-5-4-19(16-20(21)33)32(34,35)36)43-25(17)26(30(48)44-31(43)39-27(40-44)18-6-13-49-14-7-18)41-9-11-42(12-10-41)29(47)24-23(45)3-2-8-37-24/h2-6,8,16-17,22,45H,7,9-15H2,1H3,(H,38,46)/t17-,22-/m1/s1.